The van der Waals surface area contributed by atoms with Gasteiger partial charge >= 0.3 is 6.18 Å². The number of nitrogens with zero attached hydrogens (tertiary/aromatic N) is 4. The Morgan fingerprint density at radius 2 is 1.96 bits per heavy atom. The lowest BCUT2D eigenvalue weighted by atomic mass is 10.0. The third kappa shape index (κ3) is 3.30. The lowest BCUT2D eigenvalue weighted by Gasteiger charge is -2.08. The molecule has 1 aromatic carbocycles. The highest BCUT2D eigenvalue weighted by Gasteiger charge is 2.34. The second-order valence-corrected chi connectivity index (χ2v) is 4.77. The highest BCUT2D eigenvalue weighted by molar-refractivity contribution is 5.53. The van der Waals surface area contributed by atoms with E-state index in [0.29, 0.717) is 17.8 Å². The molecule has 0 saturated heterocycles. The molecule has 1 atom stereocenters. The molecular weight excluding hydrogens is 313 g/mol. The van der Waals surface area contributed by atoms with Gasteiger partial charge in [-0.2, -0.15) is 23.4 Å². The number of H-pyrrole nitrogens is 1. The normalized spacial score (nSPS) is 13.0. The minimum atomic E-state index is -4.53. The Balaban J connectivity index is 1.71. The molecular formula is C13H11F3N6O. The molecule has 0 aliphatic carbocycles. The van der Waals surface area contributed by atoms with E-state index in [4.69, 9.17) is 4.42 Å². The minimum absolute atomic E-state index is 0.0682. The van der Waals surface area contributed by atoms with Crippen molar-refractivity contribution in [3.8, 4) is 0 Å². The van der Waals surface area contributed by atoms with Gasteiger partial charge in [-0.05, 0) is 17.7 Å². The molecule has 0 bridgehead atoms. The van der Waals surface area contributed by atoms with Crippen LogP contribution in [-0.4, -0.2) is 25.6 Å². The van der Waals surface area contributed by atoms with E-state index >= 15 is 0 Å². The fraction of sp³-hybridized carbons (Fsp3) is 0.231. The van der Waals surface area contributed by atoms with E-state index in [1.165, 1.54) is 0 Å². The first-order chi connectivity index (χ1) is 10.9. The van der Waals surface area contributed by atoms with Crippen molar-refractivity contribution >= 4 is 11.7 Å². The van der Waals surface area contributed by atoms with E-state index in [2.05, 4.69) is 30.9 Å². The van der Waals surface area contributed by atoms with Crippen LogP contribution < -0.4 is 5.32 Å². The average molecular weight is 324 g/mol. The molecule has 3 rings (SSSR count). The summed E-state index contributed by atoms with van der Waals surface area (Å²) in [5, 5.41) is 16.4. The van der Waals surface area contributed by atoms with Crippen molar-refractivity contribution in [1.82, 2.24) is 25.6 Å². The third-order valence-electron chi connectivity index (χ3n) is 3.21. The topological polar surface area (TPSA) is 92.5 Å². The van der Waals surface area contributed by atoms with E-state index in [0.717, 1.165) is 5.56 Å². The Bertz CT molecular complexity index is 766. The molecule has 0 radical (unpaired) electrons. The summed E-state index contributed by atoms with van der Waals surface area (Å²) in [6, 6.07) is 6.78. The summed E-state index contributed by atoms with van der Waals surface area (Å²) in [6.07, 6.45) is -3.97. The van der Waals surface area contributed by atoms with Gasteiger partial charge in [0.1, 0.15) is 6.26 Å². The number of rotatable bonds is 4. The predicted molar refractivity (Wildman–Crippen MR) is 72.9 cm³/mol. The number of aromatic amines is 1. The van der Waals surface area contributed by atoms with Gasteiger partial charge in [0.2, 0.25) is 0 Å². The van der Waals surface area contributed by atoms with E-state index in [9.17, 15) is 13.2 Å². The fourth-order valence-electron chi connectivity index (χ4n) is 1.94. The van der Waals surface area contributed by atoms with Crippen LogP contribution in [0.1, 0.15) is 29.9 Å². The zero-order chi connectivity index (χ0) is 16.4. The Morgan fingerprint density at radius 1 is 1.22 bits per heavy atom. The first-order valence-electron chi connectivity index (χ1n) is 6.56. The smallest absolute Gasteiger partial charge is 0.431 e. The van der Waals surface area contributed by atoms with Crippen molar-refractivity contribution in [3.63, 3.8) is 0 Å². The number of benzene rings is 1. The van der Waals surface area contributed by atoms with E-state index < -0.39 is 11.9 Å². The Hall–Kier alpha value is -2.91. The number of halogens is 3. The lowest BCUT2D eigenvalue weighted by molar-refractivity contribution is -0.141. The molecule has 0 amide bonds. The van der Waals surface area contributed by atoms with E-state index in [1.807, 2.05) is 6.92 Å². The Morgan fingerprint density at radius 3 is 2.52 bits per heavy atom. The highest BCUT2D eigenvalue weighted by Crippen LogP contribution is 2.30. The van der Waals surface area contributed by atoms with Crippen LogP contribution in [-0.2, 0) is 6.18 Å². The van der Waals surface area contributed by atoms with Crippen LogP contribution in [0.5, 0.6) is 0 Å². The number of hydrogen-bond acceptors (Lipinski definition) is 6. The van der Waals surface area contributed by atoms with Crippen LogP contribution in [0, 0.1) is 0 Å². The molecule has 0 aliphatic rings. The van der Waals surface area contributed by atoms with E-state index in [-0.39, 0.29) is 11.9 Å². The third-order valence-corrected chi connectivity index (χ3v) is 3.21. The standard InChI is InChI=1S/C13H11F3N6O/c1-7(11-19-21-22-20-11)8-2-4-9(5-3-8)17-12-18-10(6-23-12)13(14,15)16/h2-7H,1H3,(H,17,18)(H,19,20,21,22). The van der Waals surface area contributed by atoms with Gasteiger partial charge in [-0.3, -0.25) is 0 Å². The molecule has 2 N–H and O–H groups in total. The monoisotopic (exact) mass is 324 g/mol. The zero-order valence-corrected chi connectivity index (χ0v) is 11.8. The summed E-state index contributed by atoms with van der Waals surface area (Å²) in [5.41, 5.74) is 0.396. The molecule has 2 heterocycles. The van der Waals surface area contributed by atoms with Crippen molar-refractivity contribution in [1.29, 1.82) is 0 Å². The number of anilines is 2. The lowest BCUT2D eigenvalue weighted by Crippen LogP contribution is -2.05. The first-order valence-corrected chi connectivity index (χ1v) is 6.56. The molecule has 1 unspecified atom stereocenters. The molecule has 0 saturated carbocycles. The van der Waals surface area contributed by atoms with Gasteiger partial charge in [0.15, 0.2) is 11.5 Å². The maximum absolute atomic E-state index is 12.4. The second kappa shape index (κ2) is 5.71. The van der Waals surface area contributed by atoms with Crippen LogP contribution in [0.25, 0.3) is 0 Å². The molecule has 2 aromatic heterocycles. The maximum atomic E-state index is 12.4. The van der Waals surface area contributed by atoms with Crippen LogP contribution in [0.3, 0.4) is 0 Å². The number of oxazole rings is 1. The van der Waals surface area contributed by atoms with Gasteiger partial charge in [-0.25, -0.2) is 0 Å². The summed E-state index contributed by atoms with van der Waals surface area (Å²) in [5.74, 6) is 0.481. The Labute approximate surface area is 127 Å². The van der Waals surface area contributed by atoms with Crippen molar-refractivity contribution in [2.24, 2.45) is 0 Å². The minimum Gasteiger partial charge on any atom is -0.431 e. The van der Waals surface area contributed by atoms with Gasteiger partial charge < -0.3 is 9.73 Å². The van der Waals surface area contributed by atoms with Crippen LogP contribution in [0.15, 0.2) is 34.9 Å². The van der Waals surface area contributed by atoms with Gasteiger partial charge in [0, 0.05) is 11.6 Å². The highest BCUT2D eigenvalue weighted by atomic mass is 19.4. The molecule has 10 heteroatoms. The van der Waals surface area contributed by atoms with Gasteiger partial charge in [0.05, 0.1) is 0 Å². The number of hydrogen-bond donors (Lipinski definition) is 2. The molecule has 3 aromatic rings. The quantitative estimate of drug-likeness (QED) is 0.766. The summed E-state index contributed by atoms with van der Waals surface area (Å²) >= 11 is 0. The molecule has 0 fully saturated rings. The van der Waals surface area contributed by atoms with Crippen LogP contribution in [0.4, 0.5) is 24.9 Å². The number of aromatic nitrogens is 5. The summed E-state index contributed by atoms with van der Waals surface area (Å²) in [4.78, 5) is 3.34. The summed E-state index contributed by atoms with van der Waals surface area (Å²) in [7, 11) is 0. The number of alkyl halides is 3. The molecule has 0 aliphatic heterocycles. The van der Waals surface area contributed by atoms with Crippen molar-refractivity contribution < 1.29 is 17.6 Å². The molecule has 120 valence electrons. The molecule has 0 spiro atoms. The van der Waals surface area contributed by atoms with Crippen molar-refractivity contribution in [2.75, 3.05) is 5.32 Å². The van der Waals surface area contributed by atoms with Crippen LogP contribution >= 0.6 is 0 Å². The zero-order valence-electron chi connectivity index (χ0n) is 11.8. The maximum Gasteiger partial charge on any atom is 0.436 e. The summed E-state index contributed by atoms with van der Waals surface area (Å²) in [6.45, 7) is 1.91. The average Bonchev–Trinajstić information content (AvgIpc) is 3.18. The molecule has 23 heavy (non-hydrogen) atoms. The summed E-state index contributed by atoms with van der Waals surface area (Å²) < 4.78 is 42.1. The van der Waals surface area contributed by atoms with Crippen molar-refractivity contribution in [2.45, 2.75) is 19.0 Å². The first kappa shape index (κ1) is 15.0. The van der Waals surface area contributed by atoms with Gasteiger partial charge in [0.25, 0.3) is 6.01 Å². The van der Waals surface area contributed by atoms with E-state index in [1.54, 1.807) is 24.3 Å². The molecule has 7 nitrogen and oxygen atoms in total. The van der Waals surface area contributed by atoms with Gasteiger partial charge in [-0.1, -0.05) is 24.3 Å². The van der Waals surface area contributed by atoms with Crippen LogP contribution in [0.2, 0.25) is 0 Å². The van der Waals surface area contributed by atoms with Crippen molar-refractivity contribution in [3.05, 3.63) is 47.6 Å². The predicted octanol–water partition coefficient (Wildman–Crippen LogP) is 3.10. The largest absolute Gasteiger partial charge is 0.436 e. The number of tetrazole rings is 1. The van der Waals surface area contributed by atoms with Gasteiger partial charge in [-0.15, -0.1) is 10.2 Å². The fourth-order valence-corrected chi connectivity index (χ4v) is 1.94. The second-order valence-electron chi connectivity index (χ2n) is 4.77. The SMILES string of the molecule is CC(c1ccc(Nc2nc(C(F)(F)F)co2)cc1)c1nn[nH]n1. The number of nitrogens with one attached hydrogen (secondary N) is 2. The Kier molecular flexibility index (Phi) is 3.72.